The average Bonchev–Trinajstić information content (AvgIpc) is 2.52. The van der Waals surface area contributed by atoms with Crippen LogP contribution in [-0.2, 0) is 6.42 Å². The largest absolute Gasteiger partial charge is 0.328 e. The lowest BCUT2D eigenvalue weighted by Gasteiger charge is -2.24. The number of hydrogen-bond donors (Lipinski definition) is 1. The maximum atomic E-state index is 13.1. The fraction of sp³-hybridized carbons (Fsp3) is 0.538. The van der Waals surface area contributed by atoms with Gasteiger partial charge in [0.25, 0.3) is 0 Å². The Bertz CT molecular complexity index is 394. The molecule has 1 aromatic carbocycles. The van der Waals surface area contributed by atoms with Gasteiger partial charge in [-0.3, -0.25) is 0 Å². The van der Waals surface area contributed by atoms with Crippen LogP contribution in [0.15, 0.2) is 22.7 Å². The summed E-state index contributed by atoms with van der Waals surface area (Å²) < 4.78 is 13.7. The second-order valence-corrected chi connectivity index (χ2v) is 6.09. The summed E-state index contributed by atoms with van der Waals surface area (Å²) in [5.74, 6) is -0.197. The van der Waals surface area contributed by atoms with Crippen molar-refractivity contribution in [2.75, 3.05) is 0 Å². The molecule has 16 heavy (non-hydrogen) atoms. The van der Waals surface area contributed by atoms with Crippen molar-refractivity contribution in [1.29, 1.82) is 0 Å². The summed E-state index contributed by atoms with van der Waals surface area (Å²) in [4.78, 5) is 0. The van der Waals surface area contributed by atoms with Crippen LogP contribution in [0, 0.1) is 11.2 Å². The molecule has 1 aliphatic rings. The van der Waals surface area contributed by atoms with Gasteiger partial charge in [-0.2, -0.15) is 0 Å². The first-order valence-electron chi connectivity index (χ1n) is 5.68. The molecule has 0 amide bonds. The van der Waals surface area contributed by atoms with Crippen molar-refractivity contribution in [1.82, 2.24) is 0 Å². The van der Waals surface area contributed by atoms with Crippen molar-refractivity contribution in [3.8, 4) is 0 Å². The van der Waals surface area contributed by atoms with Crippen molar-refractivity contribution in [2.45, 2.75) is 38.6 Å². The second kappa shape index (κ2) is 4.46. The first-order valence-corrected chi connectivity index (χ1v) is 6.47. The third kappa shape index (κ3) is 2.64. The van der Waals surface area contributed by atoms with Crippen molar-refractivity contribution in [2.24, 2.45) is 11.1 Å². The maximum Gasteiger partial charge on any atom is 0.137 e. The van der Waals surface area contributed by atoms with Gasteiger partial charge in [-0.25, -0.2) is 4.39 Å². The van der Waals surface area contributed by atoms with Gasteiger partial charge in [0, 0.05) is 6.04 Å². The van der Waals surface area contributed by atoms with Crippen LogP contribution < -0.4 is 5.73 Å². The highest BCUT2D eigenvalue weighted by Gasteiger charge is 2.33. The Morgan fingerprint density at radius 1 is 1.56 bits per heavy atom. The zero-order valence-corrected chi connectivity index (χ0v) is 11.1. The van der Waals surface area contributed by atoms with E-state index in [1.54, 1.807) is 0 Å². The third-order valence-electron chi connectivity index (χ3n) is 3.49. The lowest BCUT2D eigenvalue weighted by molar-refractivity contribution is 0.329. The molecular formula is C13H17BrFN. The van der Waals surface area contributed by atoms with Crippen LogP contribution in [-0.4, -0.2) is 6.04 Å². The summed E-state index contributed by atoms with van der Waals surface area (Å²) in [7, 11) is 0. The molecule has 1 saturated carbocycles. The van der Waals surface area contributed by atoms with E-state index in [-0.39, 0.29) is 11.2 Å². The first-order chi connectivity index (χ1) is 7.48. The van der Waals surface area contributed by atoms with E-state index in [0.717, 1.165) is 19.3 Å². The summed E-state index contributed by atoms with van der Waals surface area (Å²) in [6, 6.07) is 5.62. The molecule has 1 aliphatic carbocycles. The molecule has 0 heterocycles. The molecule has 0 spiro atoms. The van der Waals surface area contributed by atoms with E-state index in [1.807, 2.05) is 12.1 Å². The Morgan fingerprint density at radius 3 is 2.88 bits per heavy atom. The topological polar surface area (TPSA) is 26.0 Å². The molecular weight excluding hydrogens is 269 g/mol. The van der Waals surface area contributed by atoms with Gasteiger partial charge in [-0.15, -0.1) is 0 Å². The molecule has 0 aliphatic heterocycles. The third-order valence-corrected chi connectivity index (χ3v) is 4.10. The molecule has 0 aromatic heterocycles. The SMILES string of the molecule is CC1(Cc2ccc(F)c(Br)c2)CCC(N)C1. The molecule has 88 valence electrons. The predicted octanol–water partition coefficient (Wildman–Crippen LogP) is 3.65. The molecule has 2 rings (SSSR count). The van der Waals surface area contributed by atoms with E-state index in [1.165, 1.54) is 18.1 Å². The van der Waals surface area contributed by atoms with Gasteiger partial charge in [0.05, 0.1) is 4.47 Å². The first kappa shape index (κ1) is 12.1. The average molecular weight is 286 g/mol. The molecule has 1 fully saturated rings. The van der Waals surface area contributed by atoms with Gasteiger partial charge in [-0.1, -0.05) is 13.0 Å². The van der Waals surface area contributed by atoms with Gasteiger partial charge < -0.3 is 5.73 Å². The summed E-state index contributed by atoms with van der Waals surface area (Å²) >= 11 is 3.23. The molecule has 2 unspecified atom stereocenters. The lowest BCUT2D eigenvalue weighted by atomic mass is 9.82. The lowest BCUT2D eigenvalue weighted by Crippen LogP contribution is -2.21. The minimum atomic E-state index is -0.197. The minimum absolute atomic E-state index is 0.197. The number of benzene rings is 1. The van der Waals surface area contributed by atoms with Crippen molar-refractivity contribution in [3.63, 3.8) is 0 Å². The van der Waals surface area contributed by atoms with Crippen LogP contribution >= 0.6 is 15.9 Å². The Hall–Kier alpha value is -0.410. The van der Waals surface area contributed by atoms with E-state index < -0.39 is 0 Å². The van der Waals surface area contributed by atoms with Crippen LogP contribution in [0.25, 0.3) is 0 Å². The van der Waals surface area contributed by atoms with E-state index in [0.29, 0.717) is 10.5 Å². The van der Waals surface area contributed by atoms with Gasteiger partial charge in [0.15, 0.2) is 0 Å². The van der Waals surface area contributed by atoms with E-state index in [2.05, 4.69) is 22.9 Å². The fourth-order valence-electron chi connectivity index (χ4n) is 2.67. The second-order valence-electron chi connectivity index (χ2n) is 5.24. The summed E-state index contributed by atoms with van der Waals surface area (Å²) in [5, 5.41) is 0. The van der Waals surface area contributed by atoms with Gasteiger partial charge in [0.2, 0.25) is 0 Å². The van der Waals surface area contributed by atoms with Crippen molar-refractivity contribution < 1.29 is 4.39 Å². The minimum Gasteiger partial charge on any atom is -0.328 e. The summed E-state index contributed by atoms with van der Waals surface area (Å²) in [5.41, 5.74) is 7.42. The van der Waals surface area contributed by atoms with Gasteiger partial charge in [-0.05, 0) is 64.7 Å². The van der Waals surface area contributed by atoms with Crippen LogP contribution in [0.4, 0.5) is 4.39 Å². The van der Waals surface area contributed by atoms with E-state index >= 15 is 0 Å². The normalized spacial score (nSPS) is 29.6. The standard InChI is InChI=1S/C13H17BrFN/c1-13(5-4-10(16)8-13)7-9-2-3-12(15)11(14)6-9/h2-3,6,10H,4-5,7-8,16H2,1H3. The smallest absolute Gasteiger partial charge is 0.137 e. The van der Waals surface area contributed by atoms with Crippen LogP contribution in [0.5, 0.6) is 0 Å². The fourth-order valence-corrected chi connectivity index (χ4v) is 3.10. The van der Waals surface area contributed by atoms with Gasteiger partial charge >= 0.3 is 0 Å². The zero-order valence-electron chi connectivity index (χ0n) is 9.47. The molecule has 1 aromatic rings. The van der Waals surface area contributed by atoms with Crippen molar-refractivity contribution in [3.05, 3.63) is 34.1 Å². The van der Waals surface area contributed by atoms with E-state index in [4.69, 9.17) is 5.73 Å². The Morgan fingerprint density at radius 2 is 2.31 bits per heavy atom. The Labute approximate surface area is 104 Å². The number of rotatable bonds is 2. The van der Waals surface area contributed by atoms with Crippen LogP contribution in [0.3, 0.4) is 0 Å². The molecule has 1 nitrogen and oxygen atoms in total. The maximum absolute atomic E-state index is 13.1. The molecule has 0 radical (unpaired) electrons. The molecule has 0 saturated heterocycles. The molecule has 2 atom stereocenters. The quantitative estimate of drug-likeness (QED) is 0.882. The Kier molecular flexibility index (Phi) is 3.36. The number of halogens is 2. The van der Waals surface area contributed by atoms with E-state index in [9.17, 15) is 4.39 Å². The number of nitrogens with two attached hydrogens (primary N) is 1. The van der Waals surface area contributed by atoms with Crippen LogP contribution in [0.1, 0.15) is 31.7 Å². The number of hydrogen-bond acceptors (Lipinski definition) is 1. The zero-order chi connectivity index (χ0) is 11.8. The monoisotopic (exact) mass is 285 g/mol. The highest BCUT2D eigenvalue weighted by atomic mass is 79.9. The summed E-state index contributed by atoms with van der Waals surface area (Å²) in [6.07, 6.45) is 4.34. The van der Waals surface area contributed by atoms with Gasteiger partial charge in [0.1, 0.15) is 5.82 Å². The predicted molar refractivity (Wildman–Crippen MR) is 67.7 cm³/mol. The van der Waals surface area contributed by atoms with Crippen molar-refractivity contribution >= 4 is 15.9 Å². The summed E-state index contributed by atoms with van der Waals surface area (Å²) in [6.45, 7) is 2.27. The highest BCUT2D eigenvalue weighted by molar-refractivity contribution is 9.10. The molecule has 0 bridgehead atoms. The Balaban J connectivity index is 2.12. The van der Waals surface area contributed by atoms with Crippen LogP contribution in [0.2, 0.25) is 0 Å². The highest BCUT2D eigenvalue weighted by Crippen LogP contribution is 2.40. The molecule has 3 heteroatoms. The molecule has 2 N–H and O–H groups in total.